The van der Waals surface area contributed by atoms with Crippen LogP contribution in [0.25, 0.3) is 0 Å². The molecule has 2 heteroatoms. The van der Waals surface area contributed by atoms with Crippen molar-refractivity contribution in [1.82, 2.24) is 0 Å². The number of benzene rings is 2. The topological polar surface area (TPSA) is 12.5 Å². The highest BCUT2D eigenvalue weighted by atomic mass is 16.5. The van der Waals surface area contributed by atoms with Gasteiger partial charge in [0.2, 0.25) is 0 Å². The molecule has 2 nitrogen and oxygen atoms in total. The molecule has 1 aliphatic heterocycles. The lowest BCUT2D eigenvalue weighted by atomic mass is 10.3. The zero-order chi connectivity index (χ0) is 12.2. The Hall–Kier alpha value is -1.96. The standard InChI is InChI=1S/C16H17NO/c1-3-8-14(9-4-1)17-13-7-12-16(17)18-15-10-5-2-6-11-15/h1-6,8-11,16H,7,12-13H2. The number of ether oxygens (including phenoxy) is 1. The lowest BCUT2D eigenvalue weighted by Crippen LogP contribution is -2.33. The van der Waals surface area contributed by atoms with E-state index in [-0.39, 0.29) is 6.23 Å². The molecule has 2 aromatic rings. The Morgan fingerprint density at radius 3 is 2.28 bits per heavy atom. The van der Waals surface area contributed by atoms with Crippen LogP contribution in [-0.2, 0) is 0 Å². The van der Waals surface area contributed by atoms with Gasteiger partial charge < -0.3 is 9.64 Å². The molecule has 0 aliphatic carbocycles. The Morgan fingerprint density at radius 1 is 0.889 bits per heavy atom. The number of rotatable bonds is 3. The van der Waals surface area contributed by atoms with Gasteiger partial charge in [0.05, 0.1) is 0 Å². The van der Waals surface area contributed by atoms with E-state index in [0.717, 1.165) is 18.7 Å². The second-order valence-electron chi connectivity index (χ2n) is 4.56. The van der Waals surface area contributed by atoms with Gasteiger partial charge in [-0.3, -0.25) is 0 Å². The fourth-order valence-electron chi connectivity index (χ4n) is 2.43. The van der Waals surface area contributed by atoms with Gasteiger partial charge in [-0.1, -0.05) is 36.4 Å². The molecule has 18 heavy (non-hydrogen) atoms. The van der Waals surface area contributed by atoms with Crippen molar-refractivity contribution >= 4 is 5.69 Å². The Kier molecular flexibility index (Phi) is 3.18. The molecule has 2 aromatic carbocycles. The minimum absolute atomic E-state index is 0.162. The highest BCUT2D eigenvalue weighted by Crippen LogP contribution is 2.27. The van der Waals surface area contributed by atoms with Crippen LogP contribution in [-0.4, -0.2) is 12.8 Å². The first-order valence-electron chi connectivity index (χ1n) is 6.47. The lowest BCUT2D eigenvalue weighted by molar-refractivity contribution is 0.212. The molecule has 1 atom stereocenters. The van der Waals surface area contributed by atoms with E-state index in [9.17, 15) is 0 Å². The quantitative estimate of drug-likeness (QED) is 0.810. The van der Waals surface area contributed by atoms with Crippen molar-refractivity contribution in [3.63, 3.8) is 0 Å². The molecule has 1 unspecified atom stereocenters. The summed E-state index contributed by atoms with van der Waals surface area (Å²) in [6, 6.07) is 20.6. The van der Waals surface area contributed by atoms with Crippen molar-refractivity contribution < 1.29 is 4.74 Å². The predicted molar refractivity (Wildman–Crippen MR) is 73.9 cm³/mol. The van der Waals surface area contributed by atoms with Crippen molar-refractivity contribution in [2.75, 3.05) is 11.4 Å². The third kappa shape index (κ3) is 2.33. The first kappa shape index (κ1) is 11.1. The minimum Gasteiger partial charge on any atom is -0.471 e. The fraction of sp³-hybridized carbons (Fsp3) is 0.250. The molecular formula is C16H17NO. The van der Waals surface area contributed by atoms with Gasteiger partial charge in [0, 0.05) is 18.7 Å². The summed E-state index contributed by atoms with van der Waals surface area (Å²) in [5.74, 6) is 0.949. The zero-order valence-corrected chi connectivity index (χ0v) is 10.3. The Labute approximate surface area is 108 Å². The van der Waals surface area contributed by atoms with Crippen molar-refractivity contribution in [3.8, 4) is 5.75 Å². The molecule has 0 N–H and O–H groups in total. The molecule has 1 heterocycles. The van der Waals surface area contributed by atoms with E-state index in [1.54, 1.807) is 0 Å². The number of anilines is 1. The summed E-state index contributed by atoms with van der Waals surface area (Å²) in [5, 5.41) is 0. The van der Waals surface area contributed by atoms with Crippen LogP contribution in [0.5, 0.6) is 5.75 Å². The normalized spacial score (nSPS) is 18.9. The molecule has 0 saturated carbocycles. The van der Waals surface area contributed by atoms with Crippen LogP contribution >= 0.6 is 0 Å². The first-order valence-corrected chi connectivity index (χ1v) is 6.47. The summed E-state index contributed by atoms with van der Waals surface area (Å²) < 4.78 is 6.07. The average Bonchev–Trinajstić information content (AvgIpc) is 2.89. The average molecular weight is 239 g/mol. The van der Waals surface area contributed by atoms with Crippen LogP contribution in [0.4, 0.5) is 5.69 Å². The smallest absolute Gasteiger partial charge is 0.172 e. The molecule has 0 radical (unpaired) electrons. The highest BCUT2D eigenvalue weighted by Gasteiger charge is 2.26. The van der Waals surface area contributed by atoms with Crippen molar-refractivity contribution in [1.29, 1.82) is 0 Å². The second kappa shape index (κ2) is 5.13. The van der Waals surface area contributed by atoms with E-state index >= 15 is 0 Å². The predicted octanol–water partition coefficient (Wildman–Crippen LogP) is 3.69. The molecular weight excluding hydrogens is 222 g/mol. The summed E-state index contributed by atoms with van der Waals surface area (Å²) in [6.07, 6.45) is 2.44. The number of nitrogens with zero attached hydrogens (tertiary/aromatic N) is 1. The Balaban J connectivity index is 1.76. The Bertz CT molecular complexity index is 483. The highest BCUT2D eigenvalue weighted by molar-refractivity contribution is 5.47. The number of para-hydroxylation sites is 2. The van der Waals surface area contributed by atoms with Crippen molar-refractivity contribution in [3.05, 3.63) is 60.7 Å². The first-order chi connectivity index (χ1) is 8.93. The van der Waals surface area contributed by atoms with Gasteiger partial charge in [-0.15, -0.1) is 0 Å². The van der Waals surface area contributed by atoms with Gasteiger partial charge in [0.15, 0.2) is 6.23 Å². The maximum absolute atomic E-state index is 6.07. The van der Waals surface area contributed by atoms with E-state index in [1.807, 2.05) is 36.4 Å². The maximum Gasteiger partial charge on any atom is 0.172 e. The van der Waals surface area contributed by atoms with Gasteiger partial charge in [-0.05, 0) is 30.7 Å². The molecule has 3 rings (SSSR count). The monoisotopic (exact) mass is 239 g/mol. The zero-order valence-electron chi connectivity index (χ0n) is 10.3. The van der Waals surface area contributed by atoms with Crippen molar-refractivity contribution in [2.45, 2.75) is 19.1 Å². The molecule has 92 valence electrons. The van der Waals surface area contributed by atoms with E-state index in [0.29, 0.717) is 0 Å². The summed E-state index contributed by atoms with van der Waals surface area (Å²) in [6.45, 7) is 1.07. The van der Waals surface area contributed by atoms with Crippen LogP contribution < -0.4 is 9.64 Å². The summed E-state index contributed by atoms with van der Waals surface area (Å²) >= 11 is 0. The SMILES string of the molecule is c1ccc(OC2CCCN2c2ccccc2)cc1. The largest absolute Gasteiger partial charge is 0.471 e. The second-order valence-corrected chi connectivity index (χ2v) is 4.56. The Morgan fingerprint density at radius 2 is 1.56 bits per heavy atom. The van der Waals surface area contributed by atoms with E-state index in [4.69, 9.17) is 4.74 Å². The lowest BCUT2D eigenvalue weighted by Gasteiger charge is -2.27. The molecule has 1 aliphatic rings. The molecule has 0 bridgehead atoms. The van der Waals surface area contributed by atoms with Crippen molar-refractivity contribution in [2.24, 2.45) is 0 Å². The summed E-state index contributed by atoms with van der Waals surface area (Å²) in [4.78, 5) is 2.34. The maximum atomic E-state index is 6.07. The van der Waals surface area contributed by atoms with Gasteiger partial charge in [-0.25, -0.2) is 0 Å². The van der Waals surface area contributed by atoms with Gasteiger partial charge in [0.1, 0.15) is 5.75 Å². The molecule has 0 aromatic heterocycles. The van der Waals surface area contributed by atoms with E-state index < -0.39 is 0 Å². The third-order valence-corrected chi connectivity index (χ3v) is 3.30. The molecule has 0 spiro atoms. The number of hydrogen-bond donors (Lipinski definition) is 0. The molecule has 0 amide bonds. The van der Waals surface area contributed by atoms with Crippen LogP contribution in [0.15, 0.2) is 60.7 Å². The van der Waals surface area contributed by atoms with Crippen LogP contribution in [0.3, 0.4) is 0 Å². The summed E-state index contributed by atoms with van der Waals surface area (Å²) in [5.41, 5.74) is 1.25. The molecule has 1 fully saturated rings. The fourth-order valence-corrected chi connectivity index (χ4v) is 2.43. The van der Waals surface area contributed by atoms with Gasteiger partial charge in [0.25, 0.3) is 0 Å². The number of hydrogen-bond acceptors (Lipinski definition) is 2. The summed E-state index contributed by atoms with van der Waals surface area (Å²) in [7, 11) is 0. The van der Waals surface area contributed by atoms with Crippen LogP contribution in [0.2, 0.25) is 0 Å². The van der Waals surface area contributed by atoms with Crippen LogP contribution in [0.1, 0.15) is 12.8 Å². The minimum atomic E-state index is 0.162. The van der Waals surface area contributed by atoms with Crippen LogP contribution in [0, 0.1) is 0 Å². The van der Waals surface area contributed by atoms with Gasteiger partial charge >= 0.3 is 0 Å². The van der Waals surface area contributed by atoms with E-state index in [1.165, 1.54) is 12.1 Å². The third-order valence-electron chi connectivity index (χ3n) is 3.30. The van der Waals surface area contributed by atoms with Gasteiger partial charge in [-0.2, -0.15) is 0 Å². The van der Waals surface area contributed by atoms with E-state index in [2.05, 4.69) is 29.2 Å². The molecule has 1 saturated heterocycles.